The van der Waals surface area contributed by atoms with Crippen molar-refractivity contribution in [1.82, 2.24) is 0 Å². The highest BCUT2D eigenvalue weighted by atomic mass is 14.6. The maximum atomic E-state index is 6.03. The number of rotatable bonds is 11. The molecule has 0 unspecified atom stereocenters. The van der Waals surface area contributed by atoms with E-state index in [1.54, 1.807) is 0 Å². The van der Waals surface area contributed by atoms with Crippen molar-refractivity contribution in [1.29, 1.82) is 0 Å². The minimum Gasteiger partial charge on any atom is -0.399 e. The summed E-state index contributed by atoms with van der Waals surface area (Å²) in [6.07, 6.45) is 15.0. The number of fused-ring (bicyclic) bond motifs is 1. The first-order valence-electron chi connectivity index (χ1n) is 9.78. The van der Waals surface area contributed by atoms with Crippen molar-refractivity contribution in [2.24, 2.45) is 0 Å². The molecule has 0 aliphatic rings. The number of hydrogen-bond donors (Lipinski definition) is 2. The van der Waals surface area contributed by atoms with Gasteiger partial charge in [-0.05, 0) is 35.9 Å². The van der Waals surface area contributed by atoms with Gasteiger partial charge in [0.2, 0.25) is 0 Å². The Morgan fingerprint density at radius 2 is 1.33 bits per heavy atom. The van der Waals surface area contributed by atoms with Crippen molar-refractivity contribution in [3.63, 3.8) is 0 Å². The lowest BCUT2D eigenvalue weighted by atomic mass is 10.00. The average molecular weight is 327 g/mol. The molecule has 2 rings (SSSR count). The average Bonchev–Trinajstić information content (AvgIpc) is 2.56. The Bertz CT molecular complexity index is 619. The van der Waals surface area contributed by atoms with Gasteiger partial charge >= 0.3 is 0 Å². The van der Waals surface area contributed by atoms with Gasteiger partial charge in [-0.15, -0.1) is 0 Å². The summed E-state index contributed by atoms with van der Waals surface area (Å²) in [5.74, 6) is 0. The molecule has 2 aromatic carbocycles. The first-order valence-corrected chi connectivity index (χ1v) is 9.78. The van der Waals surface area contributed by atoms with Crippen LogP contribution in [0.5, 0.6) is 0 Å². The topological polar surface area (TPSA) is 52.0 Å². The number of unbranched alkanes of at least 4 members (excludes halogenated alkanes) is 9. The van der Waals surface area contributed by atoms with E-state index in [4.69, 9.17) is 11.5 Å². The standard InChI is InChI=1S/C22H34N2/c1-2-3-4-5-6-7-8-9-10-11-12-18-13-14-21-19(15-18)16-20(23)17-22(21)24/h13-17H,2-12,23-24H2,1H3. The highest BCUT2D eigenvalue weighted by molar-refractivity contribution is 5.95. The minimum absolute atomic E-state index is 0.746. The second-order valence-corrected chi connectivity index (χ2v) is 7.10. The van der Waals surface area contributed by atoms with E-state index in [1.165, 1.54) is 69.8 Å². The molecule has 0 fully saturated rings. The van der Waals surface area contributed by atoms with Crippen LogP contribution in [0.3, 0.4) is 0 Å². The van der Waals surface area contributed by atoms with Gasteiger partial charge in [-0.25, -0.2) is 0 Å². The van der Waals surface area contributed by atoms with Gasteiger partial charge < -0.3 is 11.5 Å². The third-order valence-corrected chi connectivity index (χ3v) is 4.89. The molecular formula is C22H34N2. The Labute approximate surface area is 147 Å². The highest BCUT2D eigenvalue weighted by Gasteiger charge is 2.02. The lowest BCUT2D eigenvalue weighted by Crippen LogP contribution is -1.93. The molecule has 4 N–H and O–H groups in total. The van der Waals surface area contributed by atoms with Crippen LogP contribution >= 0.6 is 0 Å². The zero-order valence-corrected chi connectivity index (χ0v) is 15.3. The molecule has 0 amide bonds. The van der Waals surface area contributed by atoms with E-state index in [0.717, 1.165) is 28.6 Å². The Hall–Kier alpha value is -1.70. The third-order valence-electron chi connectivity index (χ3n) is 4.89. The fourth-order valence-electron chi connectivity index (χ4n) is 3.45. The monoisotopic (exact) mass is 326 g/mol. The number of benzene rings is 2. The van der Waals surface area contributed by atoms with Crippen molar-refractivity contribution >= 4 is 22.1 Å². The molecule has 132 valence electrons. The van der Waals surface area contributed by atoms with Gasteiger partial charge in [0.05, 0.1) is 0 Å². The maximum Gasteiger partial charge on any atom is 0.0414 e. The van der Waals surface area contributed by atoms with Crippen molar-refractivity contribution in [2.45, 2.75) is 77.6 Å². The van der Waals surface area contributed by atoms with Gasteiger partial charge in [0.25, 0.3) is 0 Å². The molecule has 0 saturated heterocycles. The predicted molar refractivity (Wildman–Crippen MR) is 108 cm³/mol. The first-order chi connectivity index (χ1) is 11.7. The van der Waals surface area contributed by atoms with Crippen molar-refractivity contribution < 1.29 is 0 Å². The van der Waals surface area contributed by atoms with Crippen LogP contribution in [0.25, 0.3) is 10.8 Å². The molecule has 0 aliphatic heterocycles. The molecule has 2 aromatic rings. The Kier molecular flexibility index (Phi) is 7.94. The fraction of sp³-hybridized carbons (Fsp3) is 0.545. The number of anilines is 2. The van der Waals surface area contributed by atoms with Crippen LogP contribution in [0.1, 0.15) is 76.7 Å². The van der Waals surface area contributed by atoms with Gasteiger partial charge in [0.1, 0.15) is 0 Å². The lowest BCUT2D eigenvalue weighted by molar-refractivity contribution is 0.556. The van der Waals surface area contributed by atoms with E-state index < -0.39 is 0 Å². The second kappa shape index (κ2) is 10.2. The van der Waals surface area contributed by atoms with Crippen LogP contribution in [0.15, 0.2) is 30.3 Å². The summed E-state index contributed by atoms with van der Waals surface area (Å²) in [5.41, 5.74) is 14.9. The Balaban J connectivity index is 1.65. The molecule has 24 heavy (non-hydrogen) atoms. The summed E-state index contributed by atoms with van der Waals surface area (Å²) >= 11 is 0. The van der Waals surface area contributed by atoms with Crippen molar-refractivity contribution in [2.75, 3.05) is 11.5 Å². The molecule has 0 radical (unpaired) electrons. The summed E-state index contributed by atoms with van der Waals surface area (Å²) in [4.78, 5) is 0. The predicted octanol–water partition coefficient (Wildman–Crippen LogP) is 6.47. The van der Waals surface area contributed by atoms with Crippen LogP contribution in [0.4, 0.5) is 11.4 Å². The van der Waals surface area contributed by atoms with Crippen LogP contribution in [0, 0.1) is 0 Å². The van der Waals surface area contributed by atoms with E-state index in [0.29, 0.717) is 0 Å². The zero-order valence-electron chi connectivity index (χ0n) is 15.3. The molecule has 2 heteroatoms. The molecule has 0 bridgehead atoms. The van der Waals surface area contributed by atoms with Crippen molar-refractivity contribution in [3.05, 3.63) is 35.9 Å². The summed E-state index contributed by atoms with van der Waals surface area (Å²) in [6, 6.07) is 10.5. The molecule has 2 nitrogen and oxygen atoms in total. The molecule has 0 saturated carbocycles. The number of aryl methyl sites for hydroxylation is 1. The van der Waals surface area contributed by atoms with Crippen LogP contribution < -0.4 is 11.5 Å². The quantitative estimate of drug-likeness (QED) is 0.367. The fourth-order valence-corrected chi connectivity index (χ4v) is 3.45. The van der Waals surface area contributed by atoms with Gasteiger partial charge in [0.15, 0.2) is 0 Å². The first kappa shape index (κ1) is 18.6. The summed E-state index contributed by atoms with van der Waals surface area (Å²) in [7, 11) is 0. The second-order valence-electron chi connectivity index (χ2n) is 7.10. The maximum absolute atomic E-state index is 6.03. The highest BCUT2D eigenvalue weighted by Crippen LogP contribution is 2.26. The molecule has 0 aliphatic carbocycles. The summed E-state index contributed by atoms with van der Waals surface area (Å²) < 4.78 is 0. The van der Waals surface area contributed by atoms with Crippen LogP contribution in [0.2, 0.25) is 0 Å². The van der Waals surface area contributed by atoms with E-state index in [2.05, 4.69) is 25.1 Å². The van der Waals surface area contributed by atoms with Gasteiger partial charge in [-0.1, -0.05) is 82.9 Å². The molecular weight excluding hydrogens is 292 g/mol. The smallest absolute Gasteiger partial charge is 0.0414 e. The molecule has 0 spiro atoms. The summed E-state index contributed by atoms with van der Waals surface area (Å²) in [5, 5.41) is 2.27. The van der Waals surface area contributed by atoms with E-state index in [9.17, 15) is 0 Å². The van der Waals surface area contributed by atoms with Crippen LogP contribution in [-0.4, -0.2) is 0 Å². The van der Waals surface area contributed by atoms with Crippen LogP contribution in [-0.2, 0) is 6.42 Å². The Morgan fingerprint density at radius 3 is 2.00 bits per heavy atom. The van der Waals surface area contributed by atoms with E-state index in [1.807, 2.05) is 12.1 Å². The largest absolute Gasteiger partial charge is 0.399 e. The molecule has 0 heterocycles. The third kappa shape index (κ3) is 6.07. The zero-order chi connectivity index (χ0) is 17.2. The van der Waals surface area contributed by atoms with Gasteiger partial charge in [-0.2, -0.15) is 0 Å². The molecule has 0 aromatic heterocycles. The van der Waals surface area contributed by atoms with Crippen molar-refractivity contribution in [3.8, 4) is 0 Å². The van der Waals surface area contributed by atoms with Gasteiger partial charge in [-0.3, -0.25) is 0 Å². The molecule has 0 atom stereocenters. The van der Waals surface area contributed by atoms with E-state index in [-0.39, 0.29) is 0 Å². The summed E-state index contributed by atoms with van der Waals surface area (Å²) in [6.45, 7) is 2.28. The van der Waals surface area contributed by atoms with Gasteiger partial charge in [0, 0.05) is 16.8 Å². The van der Waals surface area contributed by atoms with E-state index >= 15 is 0 Å². The number of nitrogens with two attached hydrogens (primary N) is 2. The number of nitrogen functional groups attached to an aromatic ring is 2. The normalized spacial score (nSPS) is 11.2. The number of hydrogen-bond acceptors (Lipinski definition) is 2. The lowest BCUT2D eigenvalue weighted by Gasteiger charge is -2.07. The minimum atomic E-state index is 0.746. The Morgan fingerprint density at radius 1 is 0.708 bits per heavy atom. The SMILES string of the molecule is CCCCCCCCCCCCc1ccc2c(N)cc(N)cc2c1.